The number of nitrogens with one attached hydrogen (secondary N) is 1. The first kappa shape index (κ1) is 16.6. The van der Waals surface area contributed by atoms with Crippen LogP contribution in [0.3, 0.4) is 0 Å². The van der Waals surface area contributed by atoms with Crippen LogP contribution in [0.1, 0.15) is 23.6 Å². The number of halogens is 1. The largest absolute Gasteiger partial charge is 0.496 e. The molecule has 1 fully saturated rings. The summed E-state index contributed by atoms with van der Waals surface area (Å²) in [4.78, 5) is 2.53. The molecular formula is C20H22BrN3O. The summed E-state index contributed by atoms with van der Waals surface area (Å²) in [6.45, 7) is 3.07. The number of benzene rings is 2. The molecule has 0 spiro atoms. The lowest BCUT2D eigenvalue weighted by Gasteiger charge is -2.34. The Bertz CT molecular complexity index is 778. The van der Waals surface area contributed by atoms with Crippen molar-refractivity contribution in [1.82, 2.24) is 10.3 Å². The molecule has 4 rings (SSSR count). The normalized spacial score (nSPS) is 22.9. The molecular weight excluding hydrogens is 378 g/mol. The molecule has 2 aromatic rings. The Balaban J connectivity index is 1.54. The first-order chi connectivity index (χ1) is 12.2. The van der Waals surface area contributed by atoms with E-state index in [1.807, 2.05) is 12.1 Å². The Labute approximate surface area is 157 Å². The van der Waals surface area contributed by atoms with E-state index in [4.69, 9.17) is 4.74 Å². The average Bonchev–Trinajstić information content (AvgIpc) is 3.05. The predicted molar refractivity (Wildman–Crippen MR) is 104 cm³/mol. The number of rotatable bonds is 4. The third-order valence-electron chi connectivity index (χ3n) is 5.09. The molecule has 0 saturated carbocycles. The van der Waals surface area contributed by atoms with Crippen molar-refractivity contribution in [2.45, 2.75) is 19.0 Å². The molecule has 4 nitrogen and oxygen atoms in total. The van der Waals surface area contributed by atoms with E-state index in [2.05, 4.69) is 67.8 Å². The molecule has 0 aromatic heterocycles. The van der Waals surface area contributed by atoms with Gasteiger partial charge in [-0.2, -0.15) is 5.10 Å². The van der Waals surface area contributed by atoms with Gasteiger partial charge in [-0.25, -0.2) is 0 Å². The zero-order valence-electron chi connectivity index (χ0n) is 14.3. The van der Waals surface area contributed by atoms with Crippen molar-refractivity contribution in [3.05, 3.63) is 64.1 Å². The van der Waals surface area contributed by atoms with Crippen LogP contribution in [0.5, 0.6) is 5.75 Å². The molecule has 2 aliphatic rings. The van der Waals surface area contributed by atoms with E-state index in [9.17, 15) is 0 Å². The van der Waals surface area contributed by atoms with Gasteiger partial charge in [-0.3, -0.25) is 4.90 Å². The molecule has 0 bridgehead atoms. The topological polar surface area (TPSA) is 36.9 Å². The quantitative estimate of drug-likeness (QED) is 0.844. The highest BCUT2D eigenvalue weighted by Gasteiger charge is 2.38. The summed E-state index contributed by atoms with van der Waals surface area (Å²) in [6.07, 6.45) is 1.03. The summed E-state index contributed by atoms with van der Waals surface area (Å²) in [7, 11) is 1.73. The number of hydrogen-bond acceptors (Lipinski definition) is 4. The van der Waals surface area contributed by atoms with Gasteiger partial charge < -0.3 is 10.2 Å². The maximum Gasteiger partial charge on any atom is 0.124 e. The highest BCUT2D eigenvalue weighted by Crippen LogP contribution is 2.38. The van der Waals surface area contributed by atoms with Gasteiger partial charge >= 0.3 is 0 Å². The maximum atomic E-state index is 5.59. The molecule has 0 radical (unpaired) electrons. The molecule has 1 saturated heterocycles. The Kier molecular flexibility index (Phi) is 4.77. The second-order valence-electron chi connectivity index (χ2n) is 6.67. The molecule has 2 aliphatic heterocycles. The van der Waals surface area contributed by atoms with Gasteiger partial charge in [0, 0.05) is 47.7 Å². The SMILES string of the molecule is COc1ccc(Br)cc1C1NN=C2CCN(Cc3ccccc3)CC21. The molecule has 25 heavy (non-hydrogen) atoms. The van der Waals surface area contributed by atoms with E-state index in [1.165, 1.54) is 16.8 Å². The van der Waals surface area contributed by atoms with E-state index in [0.717, 1.165) is 36.3 Å². The highest BCUT2D eigenvalue weighted by molar-refractivity contribution is 9.10. The lowest BCUT2D eigenvalue weighted by atomic mass is 9.86. The number of hydrazone groups is 1. The lowest BCUT2D eigenvalue weighted by Crippen LogP contribution is -2.41. The van der Waals surface area contributed by atoms with Crippen LogP contribution in [0.2, 0.25) is 0 Å². The van der Waals surface area contributed by atoms with E-state index < -0.39 is 0 Å². The summed E-state index contributed by atoms with van der Waals surface area (Å²) in [5.74, 6) is 1.30. The Hall–Kier alpha value is -1.85. The van der Waals surface area contributed by atoms with Crippen LogP contribution >= 0.6 is 15.9 Å². The Morgan fingerprint density at radius 2 is 2.08 bits per heavy atom. The van der Waals surface area contributed by atoms with Crippen LogP contribution in [0.25, 0.3) is 0 Å². The van der Waals surface area contributed by atoms with Crippen molar-refractivity contribution in [1.29, 1.82) is 0 Å². The van der Waals surface area contributed by atoms with Gasteiger partial charge in [0.2, 0.25) is 0 Å². The fraction of sp³-hybridized carbons (Fsp3) is 0.350. The zero-order chi connectivity index (χ0) is 17.2. The summed E-state index contributed by atoms with van der Waals surface area (Å²) < 4.78 is 6.65. The number of methoxy groups -OCH3 is 1. The van der Waals surface area contributed by atoms with E-state index >= 15 is 0 Å². The van der Waals surface area contributed by atoms with Gasteiger partial charge in [-0.1, -0.05) is 46.3 Å². The number of fused-ring (bicyclic) bond motifs is 1. The van der Waals surface area contributed by atoms with Crippen LogP contribution in [0, 0.1) is 5.92 Å². The summed E-state index contributed by atoms with van der Waals surface area (Å²) in [5, 5.41) is 4.63. The standard InChI is InChI=1S/C20H22BrN3O/c1-25-19-8-7-15(21)11-16(19)20-17-13-24(10-9-18(17)22-23-20)12-14-5-3-2-4-6-14/h2-8,11,17,20,23H,9-10,12-13H2,1H3. The molecule has 0 aliphatic carbocycles. The van der Waals surface area contributed by atoms with Crippen LogP contribution in [0.15, 0.2) is 58.1 Å². The maximum absolute atomic E-state index is 5.59. The van der Waals surface area contributed by atoms with Gasteiger partial charge in [0.15, 0.2) is 0 Å². The minimum Gasteiger partial charge on any atom is -0.496 e. The van der Waals surface area contributed by atoms with Crippen molar-refractivity contribution in [3.8, 4) is 5.75 Å². The van der Waals surface area contributed by atoms with Crippen molar-refractivity contribution in [2.75, 3.05) is 20.2 Å². The van der Waals surface area contributed by atoms with Crippen LogP contribution in [-0.4, -0.2) is 30.8 Å². The van der Waals surface area contributed by atoms with E-state index in [0.29, 0.717) is 5.92 Å². The van der Waals surface area contributed by atoms with E-state index in [-0.39, 0.29) is 6.04 Å². The third-order valence-corrected chi connectivity index (χ3v) is 5.59. The number of ether oxygens (including phenoxy) is 1. The average molecular weight is 400 g/mol. The van der Waals surface area contributed by atoms with Crippen LogP contribution in [-0.2, 0) is 6.54 Å². The summed E-state index contributed by atoms with van der Waals surface area (Å²) >= 11 is 3.59. The second kappa shape index (κ2) is 7.18. The monoisotopic (exact) mass is 399 g/mol. The first-order valence-corrected chi connectivity index (χ1v) is 9.45. The van der Waals surface area contributed by atoms with Crippen LogP contribution in [0.4, 0.5) is 0 Å². The molecule has 130 valence electrons. The smallest absolute Gasteiger partial charge is 0.124 e. The van der Waals surface area contributed by atoms with Crippen molar-refractivity contribution >= 4 is 21.6 Å². The second-order valence-corrected chi connectivity index (χ2v) is 7.59. The lowest BCUT2D eigenvalue weighted by molar-refractivity contribution is 0.219. The van der Waals surface area contributed by atoms with Gasteiger partial charge in [0.05, 0.1) is 13.2 Å². The van der Waals surface area contributed by atoms with Gasteiger partial charge in [0.25, 0.3) is 0 Å². The molecule has 0 amide bonds. The number of likely N-dealkylation sites (tertiary alicyclic amines) is 1. The first-order valence-electron chi connectivity index (χ1n) is 8.66. The fourth-order valence-corrected chi connectivity index (χ4v) is 4.21. The molecule has 1 N–H and O–H groups in total. The summed E-state index contributed by atoms with van der Waals surface area (Å²) in [6, 6.07) is 17.0. The Morgan fingerprint density at radius 3 is 2.88 bits per heavy atom. The van der Waals surface area contributed by atoms with Crippen LogP contribution < -0.4 is 10.2 Å². The third kappa shape index (κ3) is 3.44. The van der Waals surface area contributed by atoms with Crippen molar-refractivity contribution < 1.29 is 4.74 Å². The minimum absolute atomic E-state index is 0.168. The Morgan fingerprint density at radius 1 is 1.24 bits per heavy atom. The minimum atomic E-state index is 0.168. The predicted octanol–water partition coefficient (Wildman–Crippen LogP) is 3.98. The highest BCUT2D eigenvalue weighted by atomic mass is 79.9. The molecule has 2 unspecified atom stereocenters. The number of hydrogen-bond donors (Lipinski definition) is 1. The van der Waals surface area contributed by atoms with Crippen molar-refractivity contribution in [2.24, 2.45) is 11.0 Å². The number of nitrogens with zero attached hydrogens (tertiary/aromatic N) is 2. The van der Waals surface area contributed by atoms with E-state index in [1.54, 1.807) is 7.11 Å². The van der Waals surface area contributed by atoms with Gasteiger partial charge in [0.1, 0.15) is 5.75 Å². The summed E-state index contributed by atoms with van der Waals surface area (Å²) in [5.41, 5.74) is 7.18. The molecule has 2 heterocycles. The number of piperidine rings is 1. The molecule has 2 aromatic carbocycles. The molecule has 5 heteroatoms. The van der Waals surface area contributed by atoms with Gasteiger partial charge in [-0.15, -0.1) is 0 Å². The molecule has 2 atom stereocenters. The van der Waals surface area contributed by atoms with Gasteiger partial charge in [-0.05, 0) is 23.8 Å². The van der Waals surface area contributed by atoms with Crippen molar-refractivity contribution in [3.63, 3.8) is 0 Å². The fourth-order valence-electron chi connectivity index (χ4n) is 3.83. The zero-order valence-corrected chi connectivity index (χ0v) is 15.9.